The Kier molecular flexibility index (Phi) is 6.86. The maximum absolute atomic E-state index is 12.9. The number of pyridine rings is 1. The van der Waals surface area contributed by atoms with Crippen molar-refractivity contribution in [3.63, 3.8) is 0 Å². The molecule has 1 N–H and O–H groups in total. The Hall–Kier alpha value is -2.78. The van der Waals surface area contributed by atoms with Gasteiger partial charge in [0.25, 0.3) is 0 Å². The molecule has 8 nitrogen and oxygen atoms in total. The minimum Gasteiger partial charge on any atom is -0.352 e. The maximum atomic E-state index is 12.9. The number of fused-ring (bicyclic) bond motifs is 1. The summed E-state index contributed by atoms with van der Waals surface area (Å²) in [6.45, 7) is 4.44. The number of carbonyl (C=O) groups excluding carboxylic acids is 1. The fraction of sp³-hybridized carbons (Fsp3) is 0.435. The molecule has 9 heteroatoms. The molecule has 0 aliphatic carbocycles. The number of sulfonamides is 1. The molecule has 0 unspecified atom stereocenters. The second-order valence-corrected chi connectivity index (χ2v) is 10.0. The normalized spacial score (nSPS) is 14.8. The summed E-state index contributed by atoms with van der Waals surface area (Å²) in [6.07, 6.45) is 6.95. The molecule has 0 saturated carbocycles. The summed E-state index contributed by atoms with van der Waals surface area (Å²) < 4.78 is 29.5. The Morgan fingerprint density at radius 2 is 2.00 bits per heavy atom. The van der Waals surface area contributed by atoms with Crippen molar-refractivity contribution in [2.45, 2.75) is 57.0 Å². The second kappa shape index (κ2) is 9.79. The van der Waals surface area contributed by atoms with Crippen molar-refractivity contribution in [2.75, 3.05) is 13.1 Å². The van der Waals surface area contributed by atoms with E-state index in [-0.39, 0.29) is 10.8 Å². The number of hydrogen-bond donors (Lipinski definition) is 1. The van der Waals surface area contributed by atoms with Crippen LogP contribution in [-0.2, 0) is 34.3 Å². The molecule has 0 radical (unpaired) electrons. The average Bonchev–Trinajstić information content (AvgIpc) is 3.46. The standard InChI is InChI=1S/C23H29N5O3S/c1-2-12-28-21-8-7-19(32(30,31)27-13-3-4-14-27)15-20(21)26-22(28)9-10-23(29)25-17-18-6-5-11-24-16-18/h5-8,11,15-16H,2-4,9-10,12-14,17H2,1H3,(H,25,29). The van der Waals surface area contributed by atoms with Crippen LogP contribution in [0.5, 0.6) is 0 Å². The van der Waals surface area contributed by atoms with Crippen LogP contribution in [0.3, 0.4) is 0 Å². The molecule has 4 rings (SSSR count). The third-order valence-corrected chi connectivity index (χ3v) is 7.63. The quantitative estimate of drug-likeness (QED) is 0.535. The average molecular weight is 456 g/mol. The van der Waals surface area contributed by atoms with Crippen molar-refractivity contribution in [1.29, 1.82) is 0 Å². The SMILES string of the molecule is CCCn1c(CCC(=O)NCc2cccnc2)nc2cc(S(=O)(=O)N3CCCC3)ccc21. The molecule has 3 heterocycles. The first kappa shape index (κ1) is 22.4. The van der Waals surface area contributed by atoms with Crippen LogP contribution >= 0.6 is 0 Å². The Bertz CT molecular complexity index is 1190. The summed E-state index contributed by atoms with van der Waals surface area (Å²) in [6, 6.07) is 8.94. The highest BCUT2D eigenvalue weighted by Crippen LogP contribution is 2.25. The van der Waals surface area contributed by atoms with Crippen molar-refractivity contribution in [2.24, 2.45) is 0 Å². The number of benzene rings is 1. The van der Waals surface area contributed by atoms with E-state index in [0.717, 1.165) is 42.7 Å². The number of amides is 1. The van der Waals surface area contributed by atoms with E-state index in [0.29, 0.717) is 38.0 Å². The molecule has 1 fully saturated rings. The van der Waals surface area contributed by atoms with Gasteiger partial charge in [0.1, 0.15) is 5.82 Å². The van der Waals surface area contributed by atoms with E-state index in [4.69, 9.17) is 4.98 Å². The number of nitrogens with zero attached hydrogens (tertiary/aromatic N) is 4. The largest absolute Gasteiger partial charge is 0.352 e. The van der Waals surface area contributed by atoms with Crippen molar-refractivity contribution in [3.8, 4) is 0 Å². The molecule has 3 aromatic rings. The molecule has 0 spiro atoms. The summed E-state index contributed by atoms with van der Waals surface area (Å²) in [5, 5.41) is 2.91. The molecule has 170 valence electrons. The van der Waals surface area contributed by atoms with Crippen molar-refractivity contribution in [1.82, 2.24) is 24.2 Å². The zero-order chi connectivity index (χ0) is 22.6. The lowest BCUT2D eigenvalue weighted by Crippen LogP contribution is -2.27. The van der Waals surface area contributed by atoms with Crippen LogP contribution < -0.4 is 5.32 Å². The Labute approximate surface area is 188 Å². The van der Waals surface area contributed by atoms with E-state index in [1.54, 1.807) is 28.8 Å². The predicted molar refractivity (Wildman–Crippen MR) is 122 cm³/mol. The molecule has 0 bridgehead atoms. The van der Waals surface area contributed by atoms with E-state index in [1.807, 2.05) is 18.2 Å². The molecule has 0 atom stereocenters. The van der Waals surface area contributed by atoms with Gasteiger partial charge >= 0.3 is 0 Å². The lowest BCUT2D eigenvalue weighted by molar-refractivity contribution is -0.121. The zero-order valence-electron chi connectivity index (χ0n) is 18.3. The number of imidazole rings is 1. The highest BCUT2D eigenvalue weighted by Gasteiger charge is 2.27. The van der Waals surface area contributed by atoms with E-state index >= 15 is 0 Å². The van der Waals surface area contributed by atoms with Crippen LogP contribution in [0.4, 0.5) is 0 Å². The molecule has 1 saturated heterocycles. The summed E-state index contributed by atoms with van der Waals surface area (Å²) in [4.78, 5) is 21.4. The van der Waals surface area contributed by atoms with E-state index < -0.39 is 10.0 Å². The molecule has 1 aromatic carbocycles. The minimum absolute atomic E-state index is 0.0544. The smallest absolute Gasteiger partial charge is 0.243 e. The molecular weight excluding hydrogens is 426 g/mol. The third-order valence-electron chi connectivity index (χ3n) is 5.74. The number of nitrogens with one attached hydrogen (secondary N) is 1. The lowest BCUT2D eigenvalue weighted by atomic mass is 10.2. The molecule has 32 heavy (non-hydrogen) atoms. The number of carbonyl (C=O) groups is 1. The van der Waals surface area contributed by atoms with Gasteiger partial charge in [-0.15, -0.1) is 0 Å². The number of rotatable bonds is 9. The van der Waals surface area contributed by atoms with Gasteiger partial charge in [-0.05, 0) is 49.1 Å². The minimum atomic E-state index is -3.49. The van der Waals surface area contributed by atoms with Gasteiger partial charge in [0.2, 0.25) is 15.9 Å². The number of aromatic nitrogens is 3. The second-order valence-electron chi connectivity index (χ2n) is 8.08. The summed E-state index contributed by atoms with van der Waals surface area (Å²) in [5.74, 6) is 0.746. The third kappa shape index (κ3) is 4.83. The first-order chi connectivity index (χ1) is 15.5. The lowest BCUT2D eigenvalue weighted by Gasteiger charge is -2.15. The highest BCUT2D eigenvalue weighted by atomic mass is 32.2. The summed E-state index contributed by atoms with van der Waals surface area (Å²) in [5.41, 5.74) is 2.51. The summed E-state index contributed by atoms with van der Waals surface area (Å²) >= 11 is 0. The van der Waals surface area contributed by atoms with Crippen molar-refractivity contribution < 1.29 is 13.2 Å². The van der Waals surface area contributed by atoms with Gasteiger partial charge in [-0.1, -0.05) is 13.0 Å². The van der Waals surface area contributed by atoms with Gasteiger partial charge in [-0.3, -0.25) is 9.78 Å². The molecule has 1 amide bonds. The van der Waals surface area contributed by atoms with Crippen molar-refractivity contribution in [3.05, 3.63) is 54.1 Å². The first-order valence-electron chi connectivity index (χ1n) is 11.1. The maximum Gasteiger partial charge on any atom is 0.243 e. The summed E-state index contributed by atoms with van der Waals surface area (Å²) in [7, 11) is -3.49. The fourth-order valence-corrected chi connectivity index (χ4v) is 5.62. The molecule has 1 aliphatic heterocycles. The Balaban J connectivity index is 1.50. The fourth-order valence-electron chi connectivity index (χ4n) is 4.08. The van der Waals surface area contributed by atoms with Gasteiger partial charge in [-0.25, -0.2) is 13.4 Å². The topological polar surface area (TPSA) is 97.2 Å². The van der Waals surface area contributed by atoms with Crippen LogP contribution in [0.1, 0.15) is 44.0 Å². The molecular formula is C23H29N5O3S. The van der Waals surface area contributed by atoms with Crippen LogP contribution in [0.25, 0.3) is 11.0 Å². The van der Waals surface area contributed by atoms with Crippen LogP contribution in [0.15, 0.2) is 47.6 Å². The van der Waals surface area contributed by atoms with Gasteiger partial charge in [0, 0.05) is 51.4 Å². The number of aryl methyl sites for hydroxylation is 2. The van der Waals surface area contributed by atoms with E-state index in [2.05, 4.69) is 21.8 Å². The monoisotopic (exact) mass is 455 g/mol. The molecule has 2 aromatic heterocycles. The van der Waals surface area contributed by atoms with Gasteiger partial charge in [0.15, 0.2) is 0 Å². The van der Waals surface area contributed by atoms with Crippen LogP contribution in [0.2, 0.25) is 0 Å². The van der Waals surface area contributed by atoms with E-state index in [9.17, 15) is 13.2 Å². The molecule has 1 aliphatic rings. The highest BCUT2D eigenvalue weighted by molar-refractivity contribution is 7.89. The number of hydrogen-bond acceptors (Lipinski definition) is 5. The van der Waals surface area contributed by atoms with Gasteiger partial charge in [0.05, 0.1) is 15.9 Å². The van der Waals surface area contributed by atoms with E-state index in [1.165, 1.54) is 0 Å². The van der Waals surface area contributed by atoms with Crippen molar-refractivity contribution >= 4 is 27.0 Å². The van der Waals surface area contributed by atoms with Crippen LogP contribution in [0, 0.1) is 0 Å². The van der Waals surface area contributed by atoms with Gasteiger partial charge in [-0.2, -0.15) is 4.31 Å². The first-order valence-corrected chi connectivity index (χ1v) is 12.6. The zero-order valence-corrected chi connectivity index (χ0v) is 19.1. The Morgan fingerprint density at radius 3 is 2.72 bits per heavy atom. The van der Waals surface area contributed by atoms with Crippen LogP contribution in [-0.4, -0.2) is 46.3 Å². The predicted octanol–water partition coefficient (Wildman–Crippen LogP) is 2.87. The van der Waals surface area contributed by atoms with Gasteiger partial charge < -0.3 is 9.88 Å². The Morgan fingerprint density at radius 1 is 1.19 bits per heavy atom.